The van der Waals surface area contributed by atoms with Crippen molar-refractivity contribution >= 4 is 17.6 Å². The molecule has 1 aromatic heterocycles. The first-order chi connectivity index (χ1) is 18.9. The van der Waals surface area contributed by atoms with Gasteiger partial charge in [0.05, 0.1) is 12.1 Å². The molecule has 39 heavy (non-hydrogen) atoms. The van der Waals surface area contributed by atoms with Crippen LogP contribution in [0.3, 0.4) is 0 Å². The average Bonchev–Trinajstić information content (AvgIpc) is 3.27. The maximum absolute atomic E-state index is 13.2. The molecule has 2 aromatic rings. The van der Waals surface area contributed by atoms with Crippen LogP contribution < -0.4 is 9.47 Å². The monoisotopic (exact) mass is 531 g/mol. The highest BCUT2D eigenvalue weighted by Gasteiger charge is 2.40. The molecule has 5 rings (SSSR count). The largest absolute Gasteiger partial charge is 0.479 e. The van der Waals surface area contributed by atoms with E-state index >= 15 is 0 Å². The molecule has 9 heteroatoms. The number of benzene rings is 1. The number of carbonyl (C=O) groups is 2. The third-order valence-electron chi connectivity index (χ3n) is 7.67. The van der Waals surface area contributed by atoms with Crippen LogP contribution in [0.15, 0.2) is 59.5 Å². The van der Waals surface area contributed by atoms with Crippen LogP contribution in [0.5, 0.6) is 17.4 Å². The number of aryl methyl sites for hydroxylation is 1. The summed E-state index contributed by atoms with van der Waals surface area (Å²) in [7, 11) is 0. The Bertz CT molecular complexity index is 1250. The number of carbonyl (C=O) groups excluding carboxylic acids is 2. The van der Waals surface area contributed by atoms with Gasteiger partial charge in [-0.05, 0) is 45.4 Å². The number of allylic oxidation sites excluding steroid dienone is 1. The van der Waals surface area contributed by atoms with E-state index in [0.29, 0.717) is 43.4 Å². The lowest BCUT2D eigenvalue weighted by molar-refractivity contribution is -0.139. The van der Waals surface area contributed by atoms with Crippen LogP contribution in [0.4, 0.5) is 0 Å². The van der Waals surface area contributed by atoms with Crippen LogP contribution in [0, 0.1) is 18.8 Å². The van der Waals surface area contributed by atoms with Gasteiger partial charge in [0.2, 0.25) is 11.8 Å². The normalized spacial score (nSPS) is 21.3. The molecule has 0 saturated carbocycles. The van der Waals surface area contributed by atoms with Gasteiger partial charge in [-0.2, -0.15) is 0 Å². The van der Waals surface area contributed by atoms with Crippen LogP contribution in [0.25, 0.3) is 0 Å². The molecule has 2 saturated heterocycles. The van der Waals surface area contributed by atoms with Crippen molar-refractivity contribution in [1.82, 2.24) is 19.7 Å². The standard InChI is InChI=1S/C30H37N5O4/c1-5-33(6-2)29(36)22-18-34(19-22)28-21(4)15-23(16-32-28)35-14-13-26(30(35)37)38-25-11-12-27(31-17-25)39-24-9-7-20(3)8-10-24/h7-12,16-17,21-22,26H,5-6,13-15,18-19H2,1-4H3/t21?,26-/m1/s1. The molecule has 0 radical (unpaired) electrons. The maximum Gasteiger partial charge on any atom is 0.267 e. The summed E-state index contributed by atoms with van der Waals surface area (Å²) in [6, 6.07) is 11.3. The Labute approximate surface area is 230 Å². The number of hydrogen-bond donors (Lipinski definition) is 0. The summed E-state index contributed by atoms with van der Waals surface area (Å²) in [5.41, 5.74) is 2.08. The molecule has 4 heterocycles. The molecule has 2 atom stereocenters. The van der Waals surface area contributed by atoms with Gasteiger partial charge in [0, 0.05) is 63.0 Å². The van der Waals surface area contributed by atoms with Crippen molar-refractivity contribution in [2.24, 2.45) is 16.8 Å². The van der Waals surface area contributed by atoms with Gasteiger partial charge < -0.3 is 24.2 Å². The fraction of sp³-hybridized carbons (Fsp3) is 0.467. The van der Waals surface area contributed by atoms with E-state index in [1.165, 1.54) is 0 Å². The summed E-state index contributed by atoms with van der Waals surface area (Å²) < 4.78 is 11.8. The molecular formula is C30H37N5O4. The zero-order chi connectivity index (χ0) is 27.5. The van der Waals surface area contributed by atoms with Crippen LogP contribution in [0.1, 0.15) is 39.2 Å². The highest BCUT2D eigenvalue weighted by Crippen LogP contribution is 2.31. The van der Waals surface area contributed by atoms with Gasteiger partial charge in [-0.1, -0.05) is 24.6 Å². The lowest BCUT2D eigenvalue weighted by atomic mass is 9.93. The SMILES string of the molecule is CCN(CC)C(=O)C1CN(C2=NC=C(N3CC[C@@H](Oc4ccc(Oc5ccc(C)cc5)nc4)C3=O)CC2C)C1. The van der Waals surface area contributed by atoms with Gasteiger partial charge in [0.1, 0.15) is 17.3 Å². The van der Waals surface area contributed by atoms with Crippen molar-refractivity contribution in [2.75, 3.05) is 32.7 Å². The number of amidine groups is 1. The molecular weight excluding hydrogens is 494 g/mol. The number of pyridine rings is 1. The molecule has 206 valence electrons. The predicted octanol–water partition coefficient (Wildman–Crippen LogP) is 4.24. The summed E-state index contributed by atoms with van der Waals surface area (Å²) in [6.45, 7) is 11.7. The molecule has 1 unspecified atom stereocenters. The van der Waals surface area contributed by atoms with E-state index in [0.717, 1.165) is 36.6 Å². The van der Waals surface area contributed by atoms with Crippen LogP contribution in [-0.4, -0.2) is 76.2 Å². The summed E-state index contributed by atoms with van der Waals surface area (Å²) in [5, 5.41) is 0. The van der Waals surface area contributed by atoms with Crippen LogP contribution in [-0.2, 0) is 9.59 Å². The van der Waals surface area contributed by atoms with E-state index in [-0.39, 0.29) is 23.7 Å². The summed E-state index contributed by atoms with van der Waals surface area (Å²) in [6.07, 6.45) is 4.18. The van der Waals surface area contributed by atoms with Crippen molar-refractivity contribution in [3.05, 3.63) is 60.1 Å². The van der Waals surface area contributed by atoms with Gasteiger partial charge in [-0.25, -0.2) is 9.98 Å². The van der Waals surface area contributed by atoms with E-state index in [2.05, 4.69) is 16.8 Å². The predicted molar refractivity (Wildman–Crippen MR) is 149 cm³/mol. The Morgan fingerprint density at radius 2 is 1.79 bits per heavy atom. The zero-order valence-electron chi connectivity index (χ0n) is 23.2. The number of aliphatic imine (C=N–C) groups is 1. The topological polar surface area (TPSA) is 87.6 Å². The van der Waals surface area contributed by atoms with Gasteiger partial charge in [-0.3, -0.25) is 9.59 Å². The van der Waals surface area contributed by atoms with Crippen LogP contribution in [0.2, 0.25) is 0 Å². The first-order valence-electron chi connectivity index (χ1n) is 13.8. The molecule has 3 aliphatic rings. The highest BCUT2D eigenvalue weighted by molar-refractivity contribution is 5.90. The quantitative estimate of drug-likeness (QED) is 0.506. The van der Waals surface area contributed by atoms with E-state index in [9.17, 15) is 9.59 Å². The minimum absolute atomic E-state index is 0.0426. The number of likely N-dealkylation sites (tertiary alicyclic amines) is 2. The van der Waals surface area contributed by atoms with Gasteiger partial charge in [-0.15, -0.1) is 0 Å². The number of amides is 2. The molecule has 3 aliphatic heterocycles. The second-order valence-corrected chi connectivity index (χ2v) is 10.5. The number of hydrogen-bond acceptors (Lipinski definition) is 7. The first kappa shape index (κ1) is 26.7. The lowest BCUT2D eigenvalue weighted by Gasteiger charge is -2.44. The molecule has 0 N–H and O–H groups in total. The molecule has 9 nitrogen and oxygen atoms in total. The first-order valence-corrected chi connectivity index (χ1v) is 13.8. The summed E-state index contributed by atoms with van der Waals surface area (Å²) in [5.74, 6) is 3.10. The van der Waals surface area contributed by atoms with E-state index < -0.39 is 6.10 Å². The number of rotatable bonds is 8. The second kappa shape index (κ2) is 11.5. The number of aromatic nitrogens is 1. The zero-order valence-corrected chi connectivity index (χ0v) is 23.2. The fourth-order valence-corrected chi connectivity index (χ4v) is 5.35. The Kier molecular flexibility index (Phi) is 7.86. The van der Waals surface area contributed by atoms with Gasteiger partial charge in [0.15, 0.2) is 6.10 Å². The van der Waals surface area contributed by atoms with E-state index in [1.807, 2.05) is 56.1 Å². The fourth-order valence-electron chi connectivity index (χ4n) is 5.35. The van der Waals surface area contributed by atoms with Gasteiger partial charge in [0.25, 0.3) is 5.91 Å². The minimum atomic E-state index is -0.556. The molecule has 2 fully saturated rings. The lowest BCUT2D eigenvalue weighted by Crippen LogP contribution is -2.57. The van der Waals surface area contributed by atoms with Crippen molar-refractivity contribution in [3.8, 4) is 17.4 Å². The highest BCUT2D eigenvalue weighted by atomic mass is 16.5. The maximum atomic E-state index is 13.2. The molecule has 0 aliphatic carbocycles. The van der Waals surface area contributed by atoms with Crippen molar-refractivity contribution in [2.45, 2.75) is 46.6 Å². The van der Waals surface area contributed by atoms with Crippen molar-refractivity contribution < 1.29 is 19.1 Å². The van der Waals surface area contributed by atoms with Crippen molar-refractivity contribution in [1.29, 1.82) is 0 Å². The third kappa shape index (κ3) is 5.77. The molecule has 2 amide bonds. The summed E-state index contributed by atoms with van der Waals surface area (Å²) >= 11 is 0. The number of ether oxygens (including phenoxy) is 2. The third-order valence-corrected chi connectivity index (χ3v) is 7.67. The Balaban J connectivity index is 1.15. The van der Waals surface area contributed by atoms with Crippen LogP contribution >= 0.6 is 0 Å². The molecule has 1 aromatic carbocycles. The molecule has 0 spiro atoms. The Hall–Kier alpha value is -3.88. The van der Waals surface area contributed by atoms with Gasteiger partial charge >= 0.3 is 0 Å². The number of nitrogens with zero attached hydrogens (tertiary/aromatic N) is 5. The van der Waals surface area contributed by atoms with Crippen molar-refractivity contribution in [3.63, 3.8) is 0 Å². The summed E-state index contributed by atoms with van der Waals surface area (Å²) in [4.78, 5) is 40.7. The van der Waals surface area contributed by atoms with E-state index in [1.54, 1.807) is 23.2 Å². The van der Waals surface area contributed by atoms with E-state index in [4.69, 9.17) is 14.5 Å². The Morgan fingerprint density at radius 3 is 2.44 bits per heavy atom. The Morgan fingerprint density at radius 1 is 1.08 bits per heavy atom. The smallest absolute Gasteiger partial charge is 0.267 e. The second-order valence-electron chi connectivity index (χ2n) is 10.5. The average molecular weight is 532 g/mol. The molecule has 0 bridgehead atoms. The minimum Gasteiger partial charge on any atom is -0.479 e.